The minimum absolute atomic E-state index is 0. The monoisotopic (exact) mass is 241 g/mol. The summed E-state index contributed by atoms with van der Waals surface area (Å²) < 4.78 is 5.01. The van der Waals surface area contributed by atoms with Gasteiger partial charge in [-0.05, 0) is 36.5 Å². The molecule has 1 saturated carbocycles. The van der Waals surface area contributed by atoms with E-state index in [9.17, 15) is 4.79 Å². The number of rotatable bonds is 3. The van der Waals surface area contributed by atoms with Gasteiger partial charge in [-0.1, -0.05) is 12.1 Å². The molecule has 0 unspecified atom stereocenters. The molecule has 0 aromatic heterocycles. The van der Waals surface area contributed by atoms with E-state index < -0.39 is 0 Å². The largest absolute Gasteiger partial charge is 0.427 e. The van der Waals surface area contributed by atoms with Crippen LogP contribution in [0.1, 0.15) is 31.4 Å². The molecule has 2 N–H and O–H groups in total. The lowest BCUT2D eigenvalue weighted by Gasteiger charge is -2.11. The molecule has 0 spiro atoms. The van der Waals surface area contributed by atoms with Crippen LogP contribution in [0.5, 0.6) is 5.75 Å². The second-order valence-corrected chi connectivity index (χ2v) is 4.03. The Bertz CT molecular complexity index is 377. The molecule has 2 rings (SSSR count). The van der Waals surface area contributed by atoms with Crippen molar-refractivity contribution in [3.8, 4) is 5.75 Å². The van der Waals surface area contributed by atoms with Crippen LogP contribution < -0.4 is 10.5 Å². The summed E-state index contributed by atoms with van der Waals surface area (Å²) in [6, 6.07) is 7.56. The van der Waals surface area contributed by atoms with E-state index in [2.05, 4.69) is 0 Å². The van der Waals surface area contributed by atoms with Gasteiger partial charge in [0.25, 0.3) is 0 Å². The van der Waals surface area contributed by atoms with E-state index in [4.69, 9.17) is 10.5 Å². The van der Waals surface area contributed by atoms with Gasteiger partial charge >= 0.3 is 5.97 Å². The Labute approximate surface area is 101 Å². The molecule has 1 aromatic carbocycles. The second kappa shape index (κ2) is 5.32. The minimum atomic E-state index is -0.299. The zero-order valence-corrected chi connectivity index (χ0v) is 10.00. The lowest BCUT2D eigenvalue weighted by Crippen LogP contribution is -2.12. The number of halogens is 1. The Balaban J connectivity index is 0.00000128. The van der Waals surface area contributed by atoms with Crippen molar-refractivity contribution in [3.63, 3.8) is 0 Å². The summed E-state index contributed by atoms with van der Waals surface area (Å²) in [5.74, 6) is 0.890. The molecular formula is C12H16ClNO2. The highest BCUT2D eigenvalue weighted by atomic mass is 35.5. The van der Waals surface area contributed by atoms with Crippen molar-refractivity contribution in [2.75, 3.05) is 0 Å². The Morgan fingerprint density at radius 3 is 2.75 bits per heavy atom. The van der Waals surface area contributed by atoms with E-state index >= 15 is 0 Å². The number of esters is 1. The van der Waals surface area contributed by atoms with Gasteiger partial charge in [-0.15, -0.1) is 12.4 Å². The zero-order valence-electron chi connectivity index (χ0n) is 9.18. The molecule has 0 amide bonds. The van der Waals surface area contributed by atoms with Gasteiger partial charge < -0.3 is 10.5 Å². The van der Waals surface area contributed by atoms with Crippen LogP contribution in [0, 0.1) is 5.92 Å². The van der Waals surface area contributed by atoms with E-state index in [-0.39, 0.29) is 24.4 Å². The maximum Gasteiger partial charge on any atom is 0.308 e. The first-order valence-electron chi connectivity index (χ1n) is 5.21. The maximum atomic E-state index is 10.8. The SMILES string of the molecule is CC(=O)Oc1cccc([C@@H](N)C2CC2)c1.Cl. The third kappa shape index (κ3) is 3.22. The number of ether oxygens (including phenoxy) is 1. The first-order chi connectivity index (χ1) is 7.16. The number of carbonyl (C=O) groups is 1. The number of hydrogen-bond donors (Lipinski definition) is 1. The number of nitrogens with two attached hydrogens (primary N) is 1. The molecule has 1 atom stereocenters. The molecule has 0 radical (unpaired) electrons. The first-order valence-corrected chi connectivity index (χ1v) is 5.21. The second-order valence-electron chi connectivity index (χ2n) is 4.03. The molecule has 16 heavy (non-hydrogen) atoms. The van der Waals surface area contributed by atoms with E-state index in [1.165, 1.54) is 19.8 Å². The highest BCUT2D eigenvalue weighted by Crippen LogP contribution is 2.39. The van der Waals surface area contributed by atoms with Crippen molar-refractivity contribution in [1.29, 1.82) is 0 Å². The van der Waals surface area contributed by atoms with Gasteiger partial charge in [0.05, 0.1) is 0 Å². The third-order valence-electron chi connectivity index (χ3n) is 2.63. The summed E-state index contributed by atoms with van der Waals surface area (Å²) in [5, 5.41) is 0. The fraction of sp³-hybridized carbons (Fsp3) is 0.417. The summed E-state index contributed by atoms with van der Waals surface area (Å²) in [4.78, 5) is 10.8. The van der Waals surface area contributed by atoms with Crippen LogP contribution in [0.25, 0.3) is 0 Å². The van der Waals surface area contributed by atoms with E-state index in [0.717, 1.165) is 5.56 Å². The zero-order chi connectivity index (χ0) is 10.8. The van der Waals surface area contributed by atoms with Gasteiger partial charge in [-0.3, -0.25) is 4.79 Å². The number of hydrogen-bond acceptors (Lipinski definition) is 3. The Hall–Kier alpha value is -1.06. The summed E-state index contributed by atoms with van der Waals surface area (Å²) >= 11 is 0. The fourth-order valence-electron chi connectivity index (χ4n) is 1.68. The summed E-state index contributed by atoms with van der Waals surface area (Å²) in [6.07, 6.45) is 2.41. The number of benzene rings is 1. The van der Waals surface area contributed by atoms with Crippen molar-refractivity contribution in [3.05, 3.63) is 29.8 Å². The molecule has 3 nitrogen and oxygen atoms in total. The van der Waals surface area contributed by atoms with E-state index in [1.807, 2.05) is 18.2 Å². The summed E-state index contributed by atoms with van der Waals surface area (Å²) in [7, 11) is 0. The van der Waals surface area contributed by atoms with Crippen molar-refractivity contribution >= 4 is 18.4 Å². The van der Waals surface area contributed by atoms with Crippen molar-refractivity contribution in [2.45, 2.75) is 25.8 Å². The smallest absolute Gasteiger partial charge is 0.308 e. The van der Waals surface area contributed by atoms with Gasteiger partial charge in [0.1, 0.15) is 5.75 Å². The summed E-state index contributed by atoms with van der Waals surface area (Å²) in [6.45, 7) is 1.40. The first kappa shape index (κ1) is 13.0. The maximum absolute atomic E-state index is 10.8. The Kier molecular flexibility index (Phi) is 4.33. The molecule has 4 heteroatoms. The molecule has 1 fully saturated rings. The van der Waals surface area contributed by atoms with Crippen molar-refractivity contribution in [1.82, 2.24) is 0 Å². The normalized spacial score (nSPS) is 16.1. The summed E-state index contributed by atoms with van der Waals surface area (Å²) in [5.41, 5.74) is 7.11. The van der Waals surface area contributed by atoms with Crippen LogP contribution in [-0.2, 0) is 4.79 Å². The van der Waals surface area contributed by atoms with Crippen LogP contribution in [0.3, 0.4) is 0 Å². The molecule has 1 aromatic rings. The molecule has 1 aliphatic rings. The van der Waals surface area contributed by atoms with Crippen molar-refractivity contribution < 1.29 is 9.53 Å². The van der Waals surface area contributed by atoms with E-state index in [1.54, 1.807) is 6.07 Å². The van der Waals surface area contributed by atoms with Crippen LogP contribution in [0.2, 0.25) is 0 Å². The number of carbonyl (C=O) groups excluding carboxylic acids is 1. The lowest BCUT2D eigenvalue weighted by molar-refractivity contribution is -0.131. The topological polar surface area (TPSA) is 52.3 Å². The van der Waals surface area contributed by atoms with E-state index in [0.29, 0.717) is 11.7 Å². The third-order valence-corrected chi connectivity index (χ3v) is 2.63. The van der Waals surface area contributed by atoms with Gasteiger partial charge in [-0.25, -0.2) is 0 Å². The average molecular weight is 242 g/mol. The predicted molar refractivity (Wildman–Crippen MR) is 64.7 cm³/mol. The predicted octanol–water partition coefficient (Wildman–Crippen LogP) is 2.44. The molecule has 1 aliphatic carbocycles. The molecule has 0 aliphatic heterocycles. The Morgan fingerprint density at radius 2 is 2.19 bits per heavy atom. The molecule has 0 heterocycles. The quantitative estimate of drug-likeness (QED) is 0.653. The molecular weight excluding hydrogens is 226 g/mol. The minimum Gasteiger partial charge on any atom is -0.427 e. The molecule has 88 valence electrons. The molecule has 0 bridgehead atoms. The highest BCUT2D eigenvalue weighted by molar-refractivity contribution is 5.85. The fourth-order valence-corrected chi connectivity index (χ4v) is 1.68. The van der Waals surface area contributed by atoms with Crippen LogP contribution >= 0.6 is 12.4 Å². The van der Waals surface area contributed by atoms with Crippen molar-refractivity contribution in [2.24, 2.45) is 11.7 Å². The Morgan fingerprint density at radius 1 is 1.50 bits per heavy atom. The van der Waals surface area contributed by atoms with Gasteiger partial charge in [0.2, 0.25) is 0 Å². The highest BCUT2D eigenvalue weighted by Gasteiger charge is 2.29. The standard InChI is InChI=1S/C12H15NO2.ClH/c1-8(14)15-11-4-2-3-10(7-11)12(13)9-5-6-9;/h2-4,7,9,12H,5-6,13H2,1H3;1H/t12-;/m0./s1. The van der Waals surface area contributed by atoms with Crippen LogP contribution in [-0.4, -0.2) is 5.97 Å². The van der Waals surface area contributed by atoms with Gasteiger partial charge in [0.15, 0.2) is 0 Å². The van der Waals surface area contributed by atoms with Gasteiger partial charge in [0, 0.05) is 13.0 Å². The van der Waals surface area contributed by atoms with Crippen LogP contribution in [0.4, 0.5) is 0 Å². The van der Waals surface area contributed by atoms with Crippen LogP contribution in [0.15, 0.2) is 24.3 Å². The lowest BCUT2D eigenvalue weighted by atomic mass is 10.0. The molecule has 0 saturated heterocycles. The van der Waals surface area contributed by atoms with Gasteiger partial charge in [-0.2, -0.15) is 0 Å². The average Bonchev–Trinajstić information content (AvgIpc) is 2.99.